The van der Waals surface area contributed by atoms with Gasteiger partial charge in [-0.3, -0.25) is 13.9 Å². The molecule has 2 amide bonds. The van der Waals surface area contributed by atoms with Gasteiger partial charge in [-0.1, -0.05) is 38.3 Å². The third-order valence-corrected chi connectivity index (χ3v) is 9.51. The van der Waals surface area contributed by atoms with Gasteiger partial charge in [0.05, 0.1) is 17.2 Å². The van der Waals surface area contributed by atoms with Crippen molar-refractivity contribution < 1.29 is 31.5 Å². The molecular weight excluding hydrogens is 588 g/mol. The summed E-state index contributed by atoms with van der Waals surface area (Å²) in [5.41, 5.74) is 0.654. The first kappa shape index (κ1) is 32.9. The van der Waals surface area contributed by atoms with Crippen molar-refractivity contribution in [3.8, 4) is 5.75 Å². The minimum atomic E-state index is -4.32. The Morgan fingerprint density at radius 3 is 2.05 bits per heavy atom. The Kier molecular flexibility index (Phi) is 11.3. The number of anilines is 1. The zero-order valence-corrected chi connectivity index (χ0v) is 25.9. The van der Waals surface area contributed by atoms with Crippen LogP contribution in [0, 0.1) is 11.6 Å². The molecule has 0 bridgehead atoms. The van der Waals surface area contributed by atoms with Crippen LogP contribution in [0.25, 0.3) is 0 Å². The number of benzene rings is 3. The minimum Gasteiger partial charge on any atom is -0.494 e. The largest absolute Gasteiger partial charge is 0.494 e. The van der Waals surface area contributed by atoms with Crippen LogP contribution in [0.5, 0.6) is 5.75 Å². The van der Waals surface area contributed by atoms with E-state index >= 15 is 0 Å². The van der Waals surface area contributed by atoms with Gasteiger partial charge in [-0.15, -0.1) is 0 Å². The van der Waals surface area contributed by atoms with Crippen LogP contribution in [0.4, 0.5) is 14.5 Å². The zero-order valence-electron chi connectivity index (χ0n) is 25.0. The van der Waals surface area contributed by atoms with Crippen molar-refractivity contribution in [2.45, 2.75) is 75.9 Å². The molecule has 1 atom stereocenters. The fraction of sp³-hybridized carbons (Fsp3) is 0.394. The van der Waals surface area contributed by atoms with Crippen LogP contribution in [-0.4, -0.2) is 50.4 Å². The third kappa shape index (κ3) is 8.34. The first-order valence-electron chi connectivity index (χ1n) is 15.0. The van der Waals surface area contributed by atoms with Crippen LogP contribution in [0.15, 0.2) is 77.7 Å². The standard InChI is InChI=1S/C33H39F2N3O5S/c1-3-31(33(40)36-27-8-6-5-7-9-27)37(22-24-10-12-25(34)13-11-24)32(39)23-38(28-16-14-26(35)15-17-28)44(41,42)30-20-18-29(19-21-30)43-4-2/h10-21,27,31H,3-9,22-23H2,1-2H3,(H,36,40). The SMILES string of the molecule is CCOc1ccc(S(=O)(=O)N(CC(=O)N(Cc2ccc(F)cc2)C(CC)C(=O)NC2CCCCC2)c2ccc(F)cc2)cc1. The van der Waals surface area contributed by atoms with Crippen molar-refractivity contribution in [2.24, 2.45) is 0 Å². The van der Waals surface area contributed by atoms with Gasteiger partial charge in [0.25, 0.3) is 10.0 Å². The topological polar surface area (TPSA) is 96.0 Å². The van der Waals surface area contributed by atoms with Crippen molar-refractivity contribution in [1.82, 2.24) is 10.2 Å². The molecule has 1 fully saturated rings. The monoisotopic (exact) mass is 627 g/mol. The quantitative estimate of drug-likeness (QED) is 0.258. The van der Waals surface area contributed by atoms with Crippen molar-refractivity contribution in [1.29, 1.82) is 0 Å². The predicted octanol–water partition coefficient (Wildman–Crippen LogP) is 5.82. The summed E-state index contributed by atoms with van der Waals surface area (Å²) in [4.78, 5) is 29.0. The Balaban J connectivity index is 1.69. The van der Waals surface area contributed by atoms with E-state index in [9.17, 15) is 26.8 Å². The van der Waals surface area contributed by atoms with E-state index in [1.807, 2.05) is 6.92 Å². The number of hydrogen-bond donors (Lipinski definition) is 1. The number of rotatable bonds is 13. The number of sulfonamides is 1. The third-order valence-electron chi connectivity index (χ3n) is 7.72. The van der Waals surface area contributed by atoms with E-state index in [4.69, 9.17) is 4.74 Å². The van der Waals surface area contributed by atoms with E-state index in [0.29, 0.717) is 17.9 Å². The lowest BCUT2D eigenvalue weighted by atomic mass is 9.95. The average Bonchev–Trinajstić information content (AvgIpc) is 3.02. The van der Waals surface area contributed by atoms with Gasteiger partial charge < -0.3 is 15.0 Å². The Morgan fingerprint density at radius 2 is 1.48 bits per heavy atom. The molecule has 11 heteroatoms. The number of carbonyl (C=O) groups is 2. The molecule has 3 aromatic rings. The fourth-order valence-corrected chi connectivity index (χ4v) is 6.80. The molecule has 1 aliphatic rings. The number of nitrogens with one attached hydrogen (secondary N) is 1. The maximum absolute atomic E-state index is 14.2. The summed E-state index contributed by atoms with van der Waals surface area (Å²) in [6.07, 6.45) is 5.11. The summed E-state index contributed by atoms with van der Waals surface area (Å²) in [6.45, 7) is 3.29. The van der Waals surface area contributed by atoms with Crippen LogP contribution < -0.4 is 14.4 Å². The molecule has 1 saturated carbocycles. The summed E-state index contributed by atoms with van der Waals surface area (Å²) < 4.78 is 61.8. The van der Waals surface area contributed by atoms with E-state index in [2.05, 4.69) is 5.32 Å². The molecule has 44 heavy (non-hydrogen) atoms. The van der Waals surface area contributed by atoms with E-state index < -0.39 is 40.2 Å². The van der Waals surface area contributed by atoms with Crippen LogP contribution in [-0.2, 0) is 26.2 Å². The van der Waals surface area contributed by atoms with Gasteiger partial charge in [0.15, 0.2) is 0 Å². The number of hydrogen-bond acceptors (Lipinski definition) is 5. The maximum atomic E-state index is 14.2. The van der Waals surface area contributed by atoms with Crippen molar-refractivity contribution in [3.05, 3.63) is 90.0 Å². The molecular formula is C33H39F2N3O5S. The molecule has 1 N–H and O–H groups in total. The Bertz CT molecular complexity index is 1490. The highest BCUT2D eigenvalue weighted by atomic mass is 32.2. The second-order valence-corrected chi connectivity index (χ2v) is 12.7. The Hall–Kier alpha value is -3.99. The molecule has 4 rings (SSSR count). The smallest absolute Gasteiger partial charge is 0.264 e. The van der Waals surface area contributed by atoms with Gasteiger partial charge in [-0.05, 0) is 92.4 Å². The number of nitrogens with zero attached hydrogens (tertiary/aromatic N) is 2. The summed E-state index contributed by atoms with van der Waals surface area (Å²) in [5, 5.41) is 3.08. The molecule has 8 nitrogen and oxygen atoms in total. The number of amides is 2. The van der Waals surface area contributed by atoms with Gasteiger partial charge in [-0.25, -0.2) is 17.2 Å². The molecule has 0 radical (unpaired) electrons. The second kappa shape index (κ2) is 15.1. The molecule has 236 valence electrons. The van der Waals surface area contributed by atoms with Gasteiger partial charge in [0.1, 0.15) is 30.0 Å². The number of carbonyl (C=O) groups excluding carboxylic acids is 2. The van der Waals surface area contributed by atoms with E-state index in [0.717, 1.165) is 48.5 Å². The molecule has 1 aliphatic carbocycles. The summed E-state index contributed by atoms with van der Waals surface area (Å²) in [5.74, 6) is -1.49. The average molecular weight is 628 g/mol. The van der Waals surface area contributed by atoms with Crippen LogP contribution in [0.1, 0.15) is 57.9 Å². The Labute approximate surface area is 258 Å². The lowest BCUT2D eigenvalue weighted by Crippen LogP contribution is -2.54. The second-order valence-electron chi connectivity index (χ2n) is 10.8. The summed E-state index contributed by atoms with van der Waals surface area (Å²) in [7, 11) is -4.32. The van der Waals surface area contributed by atoms with E-state index in [1.54, 1.807) is 6.92 Å². The highest BCUT2D eigenvalue weighted by Gasteiger charge is 2.34. The first-order valence-corrected chi connectivity index (χ1v) is 16.4. The lowest BCUT2D eigenvalue weighted by molar-refractivity contribution is -0.140. The number of ether oxygens (including phenoxy) is 1. The maximum Gasteiger partial charge on any atom is 0.264 e. The summed E-state index contributed by atoms with van der Waals surface area (Å²) in [6, 6.07) is 15.3. The zero-order chi connectivity index (χ0) is 31.7. The lowest BCUT2D eigenvalue weighted by Gasteiger charge is -2.34. The van der Waals surface area contributed by atoms with Crippen LogP contribution in [0.3, 0.4) is 0 Å². The number of halogens is 2. The molecule has 1 unspecified atom stereocenters. The molecule has 0 heterocycles. The highest BCUT2D eigenvalue weighted by molar-refractivity contribution is 7.92. The summed E-state index contributed by atoms with van der Waals surface area (Å²) >= 11 is 0. The molecule has 3 aromatic carbocycles. The molecule has 0 saturated heterocycles. The van der Waals surface area contributed by atoms with E-state index in [1.165, 1.54) is 65.6 Å². The molecule has 0 aliphatic heterocycles. The van der Waals surface area contributed by atoms with Crippen LogP contribution in [0.2, 0.25) is 0 Å². The highest BCUT2D eigenvalue weighted by Crippen LogP contribution is 2.27. The van der Waals surface area contributed by atoms with Crippen molar-refractivity contribution in [3.63, 3.8) is 0 Å². The van der Waals surface area contributed by atoms with Gasteiger partial charge >= 0.3 is 0 Å². The molecule has 0 aromatic heterocycles. The predicted molar refractivity (Wildman–Crippen MR) is 165 cm³/mol. The van der Waals surface area contributed by atoms with Crippen LogP contribution >= 0.6 is 0 Å². The normalized spacial score (nSPS) is 14.5. The van der Waals surface area contributed by atoms with Crippen molar-refractivity contribution >= 4 is 27.5 Å². The molecule has 0 spiro atoms. The Morgan fingerprint density at radius 1 is 0.886 bits per heavy atom. The minimum absolute atomic E-state index is 0.00354. The van der Waals surface area contributed by atoms with Gasteiger partial charge in [0.2, 0.25) is 11.8 Å². The van der Waals surface area contributed by atoms with E-state index in [-0.39, 0.29) is 35.5 Å². The fourth-order valence-electron chi connectivity index (χ4n) is 5.39. The van der Waals surface area contributed by atoms with Gasteiger partial charge in [-0.2, -0.15) is 0 Å². The van der Waals surface area contributed by atoms with Gasteiger partial charge in [0, 0.05) is 12.6 Å². The first-order chi connectivity index (χ1) is 21.1. The van der Waals surface area contributed by atoms with Crippen molar-refractivity contribution in [2.75, 3.05) is 17.5 Å².